The Bertz CT molecular complexity index is 394. The maximum Gasteiger partial charge on any atom is 0.123 e. The molecule has 0 aliphatic heterocycles. The van der Waals surface area contributed by atoms with Crippen LogP contribution in [-0.4, -0.2) is 17.8 Å². The van der Waals surface area contributed by atoms with E-state index in [2.05, 4.69) is 12.2 Å². The Kier molecular flexibility index (Phi) is 3.79. The first-order chi connectivity index (χ1) is 8.11. The van der Waals surface area contributed by atoms with Crippen LogP contribution in [0.25, 0.3) is 0 Å². The van der Waals surface area contributed by atoms with Crippen LogP contribution in [0.15, 0.2) is 18.2 Å². The number of aliphatic hydroxyl groups excluding tert-OH is 1. The third kappa shape index (κ3) is 2.67. The summed E-state index contributed by atoms with van der Waals surface area (Å²) in [6, 6.07) is 5.61. The molecule has 2 nitrogen and oxygen atoms in total. The van der Waals surface area contributed by atoms with Gasteiger partial charge in [0.2, 0.25) is 0 Å². The quantitative estimate of drug-likeness (QED) is 0.843. The number of fused-ring (bicyclic) bond motifs is 1. The van der Waals surface area contributed by atoms with E-state index < -0.39 is 0 Å². The van der Waals surface area contributed by atoms with Crippen molar-refractivity contribution in [3.8, 4) is 0 Å². The maximum atomic E-state index is 13.1. The van der Waals surface area contributed by atoms with Crippen molar-refractivity contribution in [2.75, 3.05) is 6.61 Å². The smallest absolute Gasteiger partial charge is 0.123 e. The molecule has 0 spiro atoms. The van der Waals surface area contributed by atoms with Crippen LogP contribution in [0, 0.1) is 11.7 Å². The van der Waals surface area contributed by atoms with Gasteiger partial charge >= 0.3 is 0 Å². The molecule has 1 aliphatic rings. The second-order valence-corrected chi connectivity index (χ2v) is 5.05. The Morgan fingerprint density at radius 3 is 2.94 bits per heavy atom. The molecule has 94 valence electrons. The predicted molar refractivity (Wildman–Crippen MR) is 66.3 cm³/mol. The van der Waals surface area contributed by atoms with Gasteiger partial charge in [-0.3, -0.25) is 0 Å². The molecule has 1 aromatic rings. The van der Waals surface area contributed by atoms with Crippen LogP contribution in [0.2, 0.25) is 0 Å². The Morgan fingerprint density at radius 1 is 1.47 bits per heavy atom. The van der Waals surface area contributed by atoms with Crippen LogP contribution >= 0.6 is 0 Å². The summed E-state index contributed by atoms with van der Waals surface area (Å²) in [5.41, 5.74) is 2.33. The first-order valence-corrected chi connectivity index (χ1v) is 6.27. The third-order valence-electron chi connectivity index (χ3n) is 3.79. The summed E-state index contributed by atoms with van der Waals surface area (Å²) in [7, 11) is 0. The molecule has 17 heavy (non-hydrogen) atoms. The number of aliphatic hydroxyl groups is 1. The van der Waals surface area contributed by atoms with Gasteiger partial charge in [-0.25, -0.2) is 4.39 Å². The topological polar surface area (TPSA) is 32.3 Å². The second-order valence-electron chi connectivity index (χ2n) is 5.05. The van der Waals surface area contributed by atoms with E-state index in [9.17, 15) is 4.39 Å². The van der Waals surface area contributed by atoms with Crippen LogP contribution < -0.4 is 5.32 Å². The van der Waals surface area contributed by atoms with Gasteiger partial charge in [-0.05, 0) is 48.9 Å². The van der Waals surface area contributed by atoms with Gasteiger partial charge in [0.25, 0.3) is 0 Å². The maximum absolute atomic E-state index is 13.1. The van der Waals surface area contributed by atoms with E-state index in [1.54, 1.807) is 6.07 Å². The average molecular weight is 237 g/mol. The average Bonchev–Trinajstić information content (AvgIpc) is 2.70. The summed E-state index contributed by atoms with van der Waals surface area (Å²) >= 11 is 0. The number of hydrogen-bond donors (Lipinski definition) is 2. The lowest BCUT2D eigenvalue weighted by Crippen LogP contribution is -2.36. The fourth-order valence-electron chi connectivity index (χ4n) is 2.40. The van der Waals surface area contributed by atoms with Crippen molar-refractivity contribution in [3.05, 3.63) is 35.1 Å². The van der Waals surface area contributed by atoms with Crippen molar-refractivity contribution in [1.29, 1.82) is 0 Å². The highest BCUT2D eigenvalue weighted by Gasteiger charge is 2.25. The van der Waals surface area contributed by atoms with Gasteiger partial charge in [0, 0.05) is 18.7 Å². The van der Waals surface area contributed by atoms with Crippen molar-refractivity contribution in [3.63, 3.8) is 0 Å². The van der Waals surface area contributed by atoms with Crippen LogP contribution in [0.5, 0.6) is 0 Å². The summed E-state index contributed by atoms with van der Waals surface area (Å²) < 4.78 is 13.1. The lowest BCUT2D eigenvalue weighted by atomic mass is 10.0. The van der Waals surface area contributed by atoms with E-state index in [-0.39, 0.29) is 24.4 Å². The van der Waals surface area contributed by atoms with Gasteiger partial charge in [-0.15, -0.1) is 0 Å². The van der Waals surface area contributed by atoms with E-state index in [0.717, 1.165) is 18.4 Å². The molecule has 0 aromatic heterocycles. The molecule has 0 radical (unpaired) electrons. The van der Waals surface area contributed by atoms with Gasteiger partial charge in [-0.2, -0.15) is 0 Å². The van der Waals surface area contributed by atoms with Gasteiger partial charge < -0.3 is 10.4 Å². The number of hydrogen-bond acceptors (Lipinski definition) is 2. The highest BCUT2D eigenvalue weighted by Crippen LogP contribution is 2.32. The van der Waals surface area contributed by atoms with Crippen molar-refractivity contribution in [2.24, 2.45) is 5.92 Å². The Labute approximate surface area is 102 Å². The Morgan fingerprint density at radius 2 is 2.24 bits per heavy atom. The van der Waals surface area contributed by atoms with E-state index in [4.69, 9.17) is 5.11 Å². The summed E-state index contributed by atoms with van der Waals surface area (Å²) in [5.74, 6) is 0.0840. The minimum absolute atomic E-state index is 0.152. The number of benzene rings is 1. The van der Waals surface area contributed by atoms with Crippen molar-refractivity contribution in [2.45, 2.75) is 38.8 Å². The lowest BCUT2D eigenvalue weighted by molar-refractivity contribution is 0.200. The number of rotatable bonds is 4. The largest absolute Gasteiger partial charge is 0.396 e. The fraction of sp³-hybridized carbons (Fsp3) is 0.571. The minimum atomic E-state index is -0.152. The molecule has 0 saturated carbocycles. The summed E-state index contributed by atoms with van der Waals surface area (Å²) in [4.78, 5) is 0. The summed E-state index contributed by atoms with van der Waals surface area (Å²) in [6.07, 6.45) is 1.95. The van der Waals surface area contributed by atoms with Crippen LogP contribution in [0.1, 0.15) is 37.4 Å². The molecule has 2 N–H and O–H groups in total. The zero-order valence-corrected chi connectivity index (χ0v) is 10.4. The molecule has 3 unspecified atom stereocenters. The SMILES string of the molecule is CC(CO)C(C)NC1CCc2cc(F)ccc21. The summed E-state index contributed by atoms with van der Waals surface area (Å²) in [5, 5.41) is 12.6. The number of aryl methyl sites for hydroxylation is 1. The molecule has 3 atom stereocenters. The zero-order chi connectivity index (χ0) is 12.4. The minimum Gasteiger partial charge on any atom is -0.396 e. The number of nitrogens with one attached hydrogen (secondary N) is 1. The van der Waals surface area contributed by atoms with E-state index in [0.29, 0.717) is 6.04 Å². The molecule has 0 amide bonds. The standard InChI is InChI=1S/C14H20FNO/c1-9(8-17)10(2)16-14-6-3-11-7-12(15)4-5-13(11)14/h4-5,7,9-10,14,16-17H,3,6,8H2,1-2H3. The highest BCUT2D eigenvalue weighted by molar-refractivity contribution is 5.35. The predicted octanol–water partition coefficient (Wildman–Crippen LogP) is 2.42. The third-order valence-corrected chi connectivity index (χ3v) is 3.79. The molecule has 0 saturated heterocycles. The number of halogens is 1. The second kappa shape index (κ2) is 5.15. The van der Waals surface area contributed by atoms with Crippen molar-refractivity contribution in [1.82, 2.24) is 5.32 Å². The van der Waals surface area contributed by atoms with E-state index in [1.807, 2.05) is 13.0 Å². The molecular formula is C14H20FNO. The first-order valence-electron chi connectivity index (χ1n) is 6.27. The molecule has 1 aromatic carbocycles. The van der Waals surface area contributed by atoms with Crippen LogP contribution in [0.4, 0.5) is 4.39 Å². The molecule has 2 rings (SSSR count). The first kappa shape index (κ1) is 12.5. The lowest BCUT2D eigenvalue weighted by Gasteiger charge is -2.24. The molecule has 1 aliphatic carbocycles. The van der Waals surface area contributed by atoms with Gasteiger partial charge in [0.05, 0.1) is 0 Å². The molecule has 0 heterocycles. The van der Waals surface area contributed by atoms with Gasteiger partial charge in [-0.1, -0.05) is 13.0 Å². The monoisotopic (exact) mass is 237 g/mol. The van der Waals surface area contributed by atoms with Crippen LogP contribution in [0.3, 0.4) is 0 Å². The zero-order valence-electron chi connectivity index (χ0n) is 10.4. The molecule has 0 bridgehead atoms. The Hall–Kier alpha value is -0.930. The van der Waals surface area contributed by atoms with Crippen molar-refractivity contribution < 1.29 is 9.50 Å². The normalized spacial score (nSPS) is 22.2. The fourth-order valence-corrected chi connectivity index (χ4v) is 2.40. The summed E-state index contributed by atoms with van der Waals surface area (Å²) in [6.45, 7) is 4.30. The molecular weight excluding hydrogens is 217 g/mol. The van der Waals surface area contributed by atoms with E-state index in [1.165, 1.54) is 11.6 Å². The highest BCUT2D eigenvalue weighted by atomic mass is 19.1. The van der Waals surface area contributed by atoms with Gasteiger partial charge in [0.1, 0.15) is 5.82 Å². The van der Waals surface area contributed by atoms with Gasteiger partial charge in [0.15, 0.2) is 0 Å². The van der Waals surface area contributed by atoms with Crippen LogP contribution in [-0.2, 0) is 6.42 Å². The molecule has 0 fully saturated rings. The van der Waals surface area contributed by atoms with E-state index >= 15 is 0 Å². The molecule has 3 heteroatoms. The Balaban J connectivity index is 2.07. The van der Waals surface area contributed by atoms with Crippen molar-refractivity contribution >= 4 is 0 Å².